The molecule has 1 aromatic carbocycles. The molecule has 0 radical (unpaired) electrons. The summed E-state index contributed by atoms with van der Waals surface area (Å²) in [4.78, 5) is 22.4. The summed E-state index contributed by atoms with van der Waals surface area (Å²) in [5.74, 6) is 1.36. The van der Waals surface area contributed by atoms with Crippen molar-refractivity contribution in [3.8, 4) is 11.5 Å². The normalized spacial score (nSPS) is 16.0. The van der Waals surface area contributed by atoms with Crippen molar-refractivity contribution in [1.29, 1.82) is 0 Å². The maximum Gasteiger partial charge on any atom is 0.255 e. The lowest BCUT2D eigenvalue weighted by Gasteiger charge is -2.24. The molecule has 2 aromatic heterocycles. The smallest absolute Gasteiger partial charge is 0.255 e. The number of nitrogens with two attached hydrogens (primary N) is 1. The molecule has 8 heteroatoms. The second-order valence-electron chi connectivity index (χ2n) is 7.68. The van der Waals surface area contributed by atoms with Crippen LogP contribution in [0.2, 0.25) is 0 Å². The number of ether oxygens (including phenoxy) is 2. The van der Waals surface area contributed by atoms with Crippen molar-refractivity contribution in [2.75, 3.05) is 25.6 Å². The van der Waals surface area contributed by atoms with Crippen molar-refractivity contribution in [2.45, 2.75) is 25.4 Å². The molecule has 166 valence electrons. The summed E-state index contributed by atoms with van der Waals surface area (Å²) in [5.41, 5.74) is 8.24. The van der Waals surface area contributed by atoms with E-state index < -0.39 is 5.91 Å². The number of primary amides is 1. The second-order valence-corrected chi connectivity index (χ2v) is 7.68. The number of methoxy groups -OCH3 is 1. The number of carbonyl (C=O) groups is 1. The summed E-state index contributed by atoms with van der Waals surface area (Å²) in [5, 5.41) is 3.27. The van der Waals surface area contributed by atoms with Crippen LogP contribution in [0.3, 0.4) is 0 Å². The van der Waals surface area contributed by atoms with Crippen LogP contribution in [0.5, 0.6) is 11.5 Å². The zero-order chi connectivity index (χ0) is 22.3. The number of amides is 1. The molecule has 1 aliphatic rings. The van der Waals surface area contributed by atoms with Crippen molar-refractivity contribution in [1.82, 2.24) is 14.9 Å². The van der Waals surface area contributed by atoms with Crippen LogP contribution in [0.4, 0.5) is 11.5 Å². The lowest BCUT2D eigenvalue weighted by Crippen LogP contribution is -2.23. The SMILES string of the molecule is COc1cc(CN2CCC[C@@H]2c2ccc(Nc3ccccn3)cn2)ccc1OCC(N)=O. The van der Waals surface area contributed by atoms with Crippen molar-refractivity contribution >= 4 is 17.4 Å². The predicted octanol–water partition coefficient (Wildman–Crippen LogP) is 3.43. The Morgan fingerprint density at radius 3 is 2.81 bits per heavy atom. The fraction of sp³-hybridized carbons (Fsp3) is 0.292. The summed E-state index contributed by atoms with van der Waals surface area (Å²) in [6, 6.07) is 15.9. The summed E-state index contributed by atoms with van der Waals surface area (Å²) in [6.07, 6.45) is 5.80. The van der Waals surface area contributed by atoms with Gasteiger partial charge < -0.3 is 20.5 Å². The molecule has 0 saturated carbocycles. The molecule has 1 atom stereocenters. The molecule has 1 aliphatic heterocycles. The van der Waals surface area contributed by atoms with Gasteiger partial charge in [0.05, 0.1) is 30.7 Å². The largest absolute Gasteiger partial charge is 0.493 e. The van der Waals surface area contributed by atoms with Gasteiger partial charge in [0, 0.05) is 12.7 Å². The molecule has 1 saturated heterocycles. The predicted molar refractivity (Wildman–Crippen MR) is 122 cm³/mol. The minimum absolute atomic E-state index is 0.180. The van der Waals surface area contributed by atoms with Gasteiger partial charge in [-0.25, -0.2) is 4.98 Å². The summed E-state index contributed by atoms with van der Waals surface area (Å²) in [6.45, 7) is 1.59. The second kappa shape index (κ2) is 10.1. The number of likely N-dealkylation sites (tertiary alicyclic amines) is 1. The Morgan fingerprint density at radius 1 is 1.19 bits per heavy atom. The van der Waals surface area contributed by atoms with Gasteiger partial charge in [0.1, 0.15) is 5.82 Å². The number of nitrogens with zero attached hydrogens (tertiary/aromatic N) is 3. The first kappa shape index (κ1) is 21.6. The molecule has 0 spiro atoms. The van der Waals surface area contributed by atoms with Crippen molar-refractivity contribution < 1.29 is 14.3 Å². The fourth-order valence-corrected chi connectivity index (χ4v) is 3.92. The molecule has 3 aromatic rings. The first-order chi connectivity index (χ1) is 15.6. The Balaban J connectivity index is 1.43. The third-order valence-corrected chi connectivity index (χ3v) is 5.41. The number of hydrogen-bond acceptors (Lipinski definition) is 7. The van der Waals surface area contributed by atoms with Gasteiger partial charge in [0.25, 0.3) is 5.91 Å². The van der Waals surface area contributed by atoms with Crippen LogP contribution in [0.1, 0.15) is 30.1 Å². The average Bonchev–Trinajstić information content (AvgIpc) is 3.27. The molecular weight excluding hydrogens is 406 g/mol. The highest BCUT2D eigenvalue weighted by Crippen LogP contribution is 2.34. The molecule has 3 N–H and O–H groups in total. The number of benzene rings is 1. The Morgan fingerprint density at radius 2 is 2.09 bits per heavy atom. The summed E-state index contributed by atoms with van der Waals surface area (Å²) < 4.78 is 10.9. The van der Waals surface area contributed by atoms with E-state index in [1.807, 2.05) is 48.7 Å². The zero-order valence-electron chi connectivity index (χ0n) is 18.0. The highest BCUT2D eigenvalue weighted by molar-refractivity contribution is 5.75. The highest BCUT2D eigenvalue weighted by atomic mass is 16.5. The highest BCUT2D eigenvalue weighted by Gasteiger charge is 2.27. The van der Waals surface area contributed by atoms with Gasteiger partial charge in [-0.2, -0.15) is 0 Å². The van der Waals surface area contributed by atoms with E-state index in [0.29, 0.717) is 11.5 Å². The molecule has 0 aliphatic carbocycles. The van der Waals surface area contributed by atoms with Gasteiger partial charge in [0.2, 0.25) is 0 Å². The number of pyridine rings is 2. The molecule has 8 nitrogen and oxygen atoms in total. The Labute approximate surface area is 187 Å². The van der Waals surface area contributed by atoms with Gasteiger partial charge in [-0.05, 0) is 61.3 Å². The lowest BCUT2D eigenvalue weighted by molar-refractivity contribution is -0.119. The van der Waals surface area contributed by atoms with Crippen molar-refractivity contribution in [3.05, 3.63) is 72.2 Å². The topological polar surface area (TPSA) is 103 Å². The van der Waals surface area contributed by atoms with Gasteiger partial charge in [-0.3, -0.25) is 14.7 Å². The van der Waals surface area contributed by atoms with Crippen LogP contribution in [0, 0.1) is 0 Å². The lowest BCUT2D eigenvalue weighted by atomic mass is 10.1. The number of aromatic nitrogens is 2. The van der Waals surface area contributed by atoms with E-state index in [1.54, 1.807) is 13.3 Å². The van der Waals surface area contributed by atoms with E-state index in [1.165, 1.54) is 0 Å². The van der Waals surface area contributed by atoms with Gasteiger partial charge >= 0.3 is 0 Å². The van der Waals surface area contributed by atoms with Crippen molar-refractivity contribution in [2.24, 2.45) is 5.73 Å². The van der Waals surface area contributed by atoms with E-state index in [2.05, 4.69) is 21.3 Å². The third-order valence-electron chi connectivity index (χ3n) is 5.41. The zero-order valence-corrected chi connectivity index (χ0v) is 18.0. The number of anilines is 2. The number of rotatable bonds is 9. The number of hydrogen-bond donors (Lipinski definition) is 2. The summed E-state index contributed by atoms with van der Waals surface area (Å²) >= 11 is 0. The first-order valence-corrected chi connectivity index (χ1v) is 10.6. The van der Waals surface area contributed by atoms with Crippen LogP contribution < -0.4 is 20.5 Å². The van der Waals surface area contributed by atoms with Gasteiger partial charge in [-0.15, -0.1) is 0 Å². The number of carbonyl (C=O) groups excluding carboxylic acids is 1. The molecule has 32 heavy (non-hydrogen) atoms. The molecule has 4 rings (SSSR count). The van der Waals surface area contributed by atoms with Gasteiger partial charge in [0.15, 0.2) is 18.1 Å². The standard InChI is InChI=1S/C24H27N5O3/c1-31-22-13-17(7-10-21(22)32-16-23(25)30)15-29-12-4-5-20(29)19-9-8-18(14-27-19)28-24-6-2-3-11-26-24/h2-3,6-11,13-14,20H,4-5,12,15-16H2,1H3,(H2,25,30)(H,26,28)/t20-/m1/s1. The quantitative estimate of drug-likeness (QED) is 0.533. The number of nitrogens with one attached hydrogen (secondary N) is 1. The van der Waals surface area contributed by atoms with E-state index in [-0.39, 0.29) is 12.6 Å². The van der Waals surface area contributed by atoms with Crippen LogP contribution >= 0.6 is 0 Å². The molecule has 0 unspecified atom stereocenters. The summed E-state index contributed by atoms with van der Waals surface area (Å²) in [7, 11) is 1.58. The van der Waals surface area contributed by atoms with Crippen LogP contribution in [0.15, 0.2) is 60.9 Å². The molecule has 1 fully saturated rings. The molecule has 0 bridgehead atoms. The van der Waals surface area contributed by atoms with E-state index in [9.17, 15) is 4.79 Å². The van der Waals surface area contributed by atoms with Gasteiger partial charge in [-0.1, -0.05) is 12.1 Å². The average molecular weight is 434 g/mol. The Hall–Kier alpha value is -3.65. The van der Waals surface area contributed by atoms with Crippen molar-refractivity contribution in [3.63, 3.8) is 0 Å². The molecule has 3 heterocycles. The molecule has 1 amide bonds. The van der Waals surface area contributed by atoms with E-state index in [0.717, 1.165) is 48.7 Å². The Bertz CT molecular complexity index is 1040. The van der Waals surface area contributed by atoms with Crippen LogP contribution in [0.25, 0.3) is 0 Å². The molecular formula is C24H27N5O3. The first-order valence-electron chi connectivity index (χ1n) is 10.6. The Kier molecular flexibility index (Phi) is 6.81. The fourth-order valence-electron chi connectivity index (χ4n) is 3.92. The van der Waals surface area contributed by atoms with Crippen LogP contribution in [-0.4, -0.2) is 41.0 Å². The van der Waals surface area contributed by atoms with E-state index in [4.69, 9.17) is 20.2 Å². The maximum atomic E-state index is 11.0. The minimum atomic E-state index is -0.523. The maximum absolute atomic E-state index is 11.0. The van der Waals surface area contributed by atoms with Crippen LogP contribution in [-0.2, 0) is 11.3 Å². The minimum Gasteiger partial charge on any atom is -0.493 e. The van der Waals surface area contributed by atoms with E-state index >= 15 is 0 Å². The third kappa shape index (κ3) is 5.33. The monoisotopic (exact) mass is 433 g/mol.